The minimum Gasteiger partial charge on any atom is -0.394 e. The number of para-hydroxylation sites is 1. The molecule has 0 spiro atoms. The predicted octanol–water partition coefficient (Wildman–Crippen LogP) is 1.79. The van der Waals surface area contributed by atoms with Crippen LogP contribution in [0.25, 0.3) is 10.9 Å². The first-order valence-corrected chi connectivity index (χ1v) is 6.33. The van der Waals surface area contributed by atoms with Crippen LogP contribution < -0.4 is 5.32 Å². The lowest BCUT2D eigenvalue weighted by molar-refractivity contribution is 0.146. The van der Waals surface area contributed by atoms with Crippen molar-refractivity contribution in [2.75, 3.05) is 6.61 Å². The van der Waals surface area contributed by atoms with Gasteiger partial charge in [-0.3, -0.25) is 4.68 Å². The molecule has 2 aromatic rings. The Morgan fingerprint density at radius 2 is 2.11 bits per heavy atom. The quantitative estimate of drug-likeness (QED) is 0.847. The fourth-order valence-electron chi connectivity index (χ4n) is 2.32. The summed E-state index contributed by atoms with van der Waals surface area (Å²) in [5, 5.41) is 18.5. The molecular weight excluding hydrogens is 226 g/mol. The maximum Gasteiger partial charge on any atom is 0.0683 e. The van der Waals surface area contributed by atoms with E-state index < -0.39 is 0 Å². The van der Waals surface area contributed by atoms with Crippen LogP contribution in [0.4, 0.5) is 0 Å². The number of hydrogen-bond donors (Lipinski definition) is 2. The van der Waals surface area contributed by atoms with Crippen molar-refractivity contribution in [3.8, 4) is 0 Å². The summed E-state index contributed by atoms with van der Waals surface area (Å²) in [6.45, 7) is 6.90. The topological polar surface area (TPSA) is 50.1 Å². The molecule has 0 aliphatic rings. The number of aromatic nitrogens is 2. The number of aliphatic hydroxyl groups excluding tert-OH is 1. The Kier molecular flexibility index (Phi) is 3.68. The highest BCUT2D eigenvalue weighted by atomic mass is 16.3. The first-order valence-electron chi connectivity index (χ1n) is 6.33. The van der Waals surface area contributed by atoms with Gasteiger partial charge in [-0.05, 0) is 13.0 Å². The van der Waals surface area contributed by atoms with Crippen LogP contribution in [-0.4, -0.2) is 33.1 Å². The molecule has 0 amide bonds. The van der Waals surface area contributed by atoms with Gasteiger partial charge in [0.05, 0.1) is 30.4 Å². The molecule has 2 rings (SSSR count). The van der Waals surface area contributed by atoms with Gasteiger partial charge in [-0.15, -0.1) is 0 Å². The van der Waals surface area contributed by atoms with Gasteiger partial charge in [-0.25, -0.2) is 0 Å². The van der Waals surface area contributed by atoms with Crippen molar-refractivity contribution in [2.45, 2.75) is 38.9 Å². The van der Waals surface area contributed by atoms with Gasteiger partial charge in [0.25, 0.3) is 0 Å². The molecule has 0 aliphatic carbocycles. The van der Waals surface area contributed by atoms with Crippen LogP contribution in [0, 0.1) is 0 Å². The zero-order chi connectivity index (χ0) is 13.2. The molecule has 0 saturated heterocycles. The Balaban J connectivity index is 2.26. The molecule has 98 valence electrons. The van der Waals surface area contributed by atoms with E-state index in [1.165, 1.54) is 0 Å². The van der Waals surface area contributed by atoms with E-state index in [0.717, 1.165) is 10.9 Å². The van der Waals surface area contributed by atoms with Gasteiger partial charge in [-0.2, -0.15) is 5.10 Å². The van der Waals surface area contributed by atoms with Gasteiger partial charge in [0.2, 0.25) is 0 Å². The number of benzene rings is 1. The molecule has 0 bridgehead atoms. The van der Waals surface area contributed by atoms with Gasteiger partial charge >= 0.3 is 0 Å². The first kappa shape index (κ1) is 13.1. The van der Waals surface area contributed by atoms with Gasteiger partial charge in [0.1, 0.15) is 0 Å². The highest BCUT2D eigenvalue weighted by Crippen LogP contribution is 2.16. The normalized spacial score (nSPS) is 15.2. The van der Waals surface area contributed by atoms with E-state index in [9.17, 15) is 5.11 Å². The lowest BCUT2D eigenvalue weighted by Gasteiger charge is -2.31. The van der Waals surface area contributed by atoms with Crippen molar-refractivity contribution >= 4 is 10.9 Å². The van der Waals surface area contributed by atoms with Crippen molar-refractivity contribution < 1.29 is 5.11 Å². The second-order valence-corrected chi connectivity index (χ2v) is 5.38. The van der Waals surface area contributed by atoms with Crippen molar-refractivity contribution in [3.63, 3.8) is 0 Å². The van der Waals surface area contributed by atoms with Crippen LogP contribution in [-0.2, 0) is 6.54 Å². The summed E-state index contributed by atoms with van der Waals surface area (Å²) >= 11 is 0. The van der Waals surface area contributed by atoms with E-state index in [1.807, 2.05) is 36.0 Å². The van der Waals surface area contributed by atoms with Crippen LogP contribution >= 0.6 is 0 Å². The van der Waals surface area contributed by atoms with E-state index in [0.29, 0.717) is 12.6 Å². The van der Waals surface area contributed by atoms with Crippen molar-refractivity contribution in [1.29, 1.82) is 0 Å². The summed E-state index contributed by atoms with van der Waals surface area (Å²) in [5.41, 5.74) is 0.742. The van der Waals surface area contributed by atoms with Crippen molar-refractivity contribution in [1.82, 2.24) is 15.1 Å². The largest absolute Gasteiger partial charge is 0.394 e. The van der Waals surface area contributed by atoms with Gasteiger partial charge in [0.15, 0.2) is 0 Å². The highest BCUT2D eigenvalue weighted by molar-refractivity contribution is 5.78. The maximum atomic E-state index is 9.60. The maximum absolute atomic E-state index is 9.60. The summed E-state index contributed by atoms with van der Waals surface area (Å²) in [7, 11) is 0. The number of nitrogens with one attached hydrogen (secondary N) is 1. The van der Waals surface area contributed by atoms with Crippen LogP contribution in [0.1, 0.15) is 20.8 Å². The van der Waals surface area contributed by atoms with E-state index in [2.05, 4.69) is 30.3 Å². The minimum atomic E-state index is -0.358. The second-order valence-electron chi connectivity index (χ2n) is 5.38. The number of rotatable bonds is 5. The molecule has 0 fully saturated rings. The third kappa shape index (κ3) is 2.71. The summed E-state index contributed by atoms with van der Waals surface area (Å²) in [6, 6.07) is 8.43. The number of nitrogens with zero attached hydrogens (tertiary/aromatic N) is 2. The van der Waals surface area contributed by atoms with Crippen LogP contribution in [0.3, 0.4) is 0 Å². The molecule has 4 heteroatoms. The first-order chi connectivity index (χ1) is 8.54. The predicted molar refractivity (Wildman–Crippen MR) is 73.5 cm³/mol. The molecule has 1 aromatic heterocycles. The van der Waals surface area contributed by atoms with E-state index in [-0.39, 0.29) is 12.1 Å². The van der Waals surface area contributed by atoms with Crippen molar-refractivity contribution in [2.24, 2.45) is 0 Å². The molecule has 0 saturated carbocycles. The van der Waals surface area contributed by atoms with Crippen LogP contribution in [0.15, 0.2) is 30.5 Å². The Bertz CT molecular complexity index is 520. The standard InChI is InChI=1S/C14H21N3O/c1-11(2)16-14(3,10-18)9-17-13-7-5-4-6-12(13)8-15-17/h4-8,11,16,18H,9-10H2,1-3H3. The summed E-state index contributed by atoms with van der Waals surface area (Å²) in [5.74, 6) is 0. The Morgan fingerprint density at radius 1 is 1.39 bits per heavy atom. The Labute approximate surface area is 108 Å². The minimum absolute atomic E-state index is 0.0827. The monoisotopic (exact) mass is 247 g/mol. The summed E-state index contributed by atoms with van der Waals surface area (Å²) in [6.07, 6.45) is 1.86. The molecule has 0 radical (unpaired) electrons. The fraction of sp³-hybridized carbons (Fsp3) is 0.500. The van der Waals surface area contributed by atoms with Gasteiger partial charge in [-0.1, -0.05) is 32.0 Å². The summed E-state index contributed by atoms with van der Waals surface area (Å²) < 4.78 is 1.95. The highest BCUT2D eigenvalue weighted by Gasteiger charge is 2.25. The average molecular weight is 247 g/mol. The average Bonchev–Trinajstić information content (AvgIpc) is 2.72. The third-order valence-electron chi connectivity index (χ3n) is 3.04. The number of hydrogen-bond acceptors (Lipinski definition) is 3. The Morgan fingerprint density at radius 3 is 2.78 bits per heavy atom. The molecular formula is C14H21N3O. The number of fused-ring (bicyclic) bond motifs is 1. The molecule has 0 aliphatic heterocycles. The molecule has 2 N–H and O–H groups in total. The lowest BCUT2D eigenvalue weighted by Crippen LogP contribution is -2.52. The van der Waals surface area contributed by atoms with Crippen LogP contribution in [0.2, 0.25) is 0 Å². The summed E-state index contributed by atoms with van der Waals surface area (Å²) in [4.78, 5) is 0. The van der Waals surface area contributed by atoms with E-state index in [4.69, 9.17) is 0 Å². The number of aliphatic hydroxyl groups is 1. The van der Waals surface area contributed by atoms with E-state index in [1.54, 1.807) is 0 Å². The van der Waals surface area contributed by atoms with Gasteiger partial charge < -0.3 is 10.4 Å². The van der Waals surface area contributed by atoms with Crippen molar-refractivity contribution in [3.05, 3.63) is 30.5 Å². The molecule has 1 heterocycles. The van der Waals surface area contributed by atoms with Crippen LogP contribution in [0.5, 0.6) is 0 Å². The smallest absolute Gasteiger partial charge is 0.0683 e. The molecule has 1 atom stereocenters. The SMILES string of the molecule is CC(C)NC(C)(CO)Cn1ncc2ccccc21. The third-order valence-corrected chi connectivity index (χ3v) is 3.04. The fourth-order valence-corrected chi connectivity index (χ4v) is 2.32. The van der Waals surface area contributed by atoms with E-state index >= 15 is 0 Å². The zero-order valence-corrected chi connectivity index (χ0v) is 11.2. The lowest BCUT2D eigenvalue weighted by atomic mass is 10.0. The molecule has 1 unspecified atom stereocenters. The second kappa shape index (κ2) is 5.08. The van der Waals surface area contributed by atoms with Gasteiger partial charge in [0, 0.05) is 11.4 Å². The zero-order valence-electron chi connectivity index (χ0n) is 11.2. The molecule has 4 nitrogen and oxygen atoms in total. The molecule has 18 heavy (non-hydrogen) atoms. The molecule has 1 aromatic carbocycles. The Hall–Kier alpha value is -1.39.